The van der Waals surface area contributed by atoms with Crippen molar-refractivity contribution in [2.75, 3.05) is 18.7 Å². The van der Waals surface area contributed by atoms with Crippen LogP contribution >= 0.6 is 11.8 Å². The summed E-state index contributed by atoms with van der Waals surface area (Å²) < 4.78 is 4.63. The maximum absolute atomic E-state index is 12.8. The van der Waals surface area contributed by atoms with Crippen molar-refractivity contribution < 1.29 is 19.4 Å². The average molecular weight is 416 g/mol. The molecule has 4 N–H and O–H groups in total. The summed E-state index contributed by atoms with van der Waals surface area (Å²) in [6.45, 7) is 1.38. The maximum atomic E-state index is 12.8. The van der Waals surface area contributed by atoms with Crippen LogP contribution in [-0.4, -0.2) is 62.7 Å². The number of H-pyrrole nitrogens is 1. The van der Waals surface area contributed by atoms with Gasteiger partial charge in [0.25, 0.3) is 5.91 Å². The van der Waals surface area contributed by atoms with Crippen LogP contribution in [-0.2, 0) is 9.53 Å². The smallest absolute Gasteiger partial charge is 0.331 e. The predicted molar refractivity (Wildman–Crippen MR) is 108 cm³/mol. The Morgan fingerprint density at radius 3 is 2.79 bits per heavy atom. The van der Waals surface area contributed by atoms with Crippen LogP contribution in [0.5, 0.6) is 0 Å². The lowest BCUT2D eigenvalue weighted by atomic mass is 10.1. The van der Waals surface area contributed by atoms with E-state index < -0.39 is 24.0 Å². The second-order valence-corrected chi connectivity index (χ2v) is 6.90. The SMILES string of the molecule is COC(=O)[C@H](NC(=O)c1cnc(SC)nc1Nc1ccc2[nH]ncc2c1)[C@@H](C)O. The topological polar surface area (TPSA) is 142 Å². The fourth-order valence-electron chi connectivity index (χ4n) is 2.61. The first-order chi connectivity index (χ1) is 13.9. The molecule has 0 unspecified atom stereocenters. The third-order valence-electron chi connectivity index (χ3n) is 4.12. The molecule has 1 aromatic carbocycles. The number of methoxy groups -OCH3 is 1. The lowest BCUT2D eigenvalue weighted by Crippen LogP contribution is -2.48. The van der Waals surface area contributed by atoms with Crippen molar-refractivity contribution in [1.82, 2.24) is 25.5 Å². The number of nitrogens with one attached hydrogen (secondary N) is 3. The predicted octanol–water partition coefficient (Wildman–Crippen LogP) is 1.47. The fraction of sp³-hybridized carbons (Fsp3) is 0.278. The van der Waals surface area contributed by atoms with Crippen LogP contribution < -0.4 is 10.6 Å². The van der Waals surface area contributed by atoms with Gasteiger partial charge < -0.3 is 20.5 Å². The summed E-state index contributed by atoms with van der Waals surface area (Å²) in [6.07, 6.45) is 3.73. The number of nitrogens with zero attached hydrogens (tertiary/aromatic N) is 3. The van der Waals surface area contributed by atoms with Crippen LogP contribution in [0, 0.1) is 0 Å². The van der Waals surface area contributed by atoms with Gasteiger partial charge in [-0.2, -0.15) is 5.10 Å². The molecule has 0 radical (unpaired) electrons. The van der Waals surface area contributed by atoms with Gasteiger partial charge in [-0.15, -0.1) is 0 Å². The van der Waals surface area contributed by atoms with Crippen molar-refractivity contribution in [2.24, 2.45) is 0 Å². The number of aromatic nitrogens is 4. The van der Waals surface area contributed by atoms with E-state index in [0.29, 0.717) is 10.8 Å². The number of benzene rings is 1. The number of fused-ring (bicyclic) bond motifs is 1. The molecule has 29 heavy (non-hydrogen) atoms. The summed E-state index contributed by atoms with van der Waals surface area (Å²) in [4.78, 5) is 33.1. The van der Waals surface area contributed by atoms with Gasteiger partial charge in [-0.3, -0.25) is 9.89 Å². The van der Waals surface area contributed by atoms with Crippen molar-refractivity contribution in [1.29, 1.82) is 0 Å². The highest BCUT2D eigenvalue weighted by Gasteiger charge is 2.28. The first kappa shape index (κ1) is 20.6. The molecule has 0 aliphatic carbocycles. The van der Waals surface area contributed by atoms with Gasteiger partial charge in [0.2, 0.25) is 0 Å². The second kappa shape index (κ2) is 8.88. The van der Waals surface area contributed by atoms with Gasteiger partial charge in [-0.1, -0.05) is 11.8 Å². The number of anilines is 2. The number of aliphatic hydroxyl groups is 1. The summed E-state index contributed by atoms with van der Waals surface area (Å²) >= 11 is 1.32. The zero-order chi connectivity index (χ0) is 21.0. The Hall–Kier alpha value is -3.18. The van der Waals surface area contributed by atoms with Crippen LogP contribution in [0.1, 0.15) is 17.3 Å². The first-order valence-corrected chi connectivity index (χ1v) is 9.83. The standard InChI is InChI=1S/C18H20N6O4S/c1-9(25)14(17(27)28-2)22-16(26)12-8-19-18(29-3)23-15(12)21-11-4-5-13-10(6-11)7-20-24-13/h4-9,14,25H,1-3H3,(H,20,24)(H,22,26)(H,19,21,23)/t9-,14-/m1/s1. The number of rotatable bonds is 7. The van der Waals surface area contributed by atoms with Crippen LogP contribution in [0.3, 0.4) is 0 Å². The van der Waals surface area contributed by atoms with Gasteiger partial charge in [0.15, 0.2) is 11.2 Å². The van der Waals surface area contributed by atoms with Gasteiger partial charge in [-0.25, -0.2) is 14.8 Å². The van der Waals surface area contributed by atoms with Gasteiger partial charge in [0, 0.05) is 17.3 Å². The molecule has 11 heteroatoms. The highest BCUT2D eigenvalue weighted by Crippen LogP contribution is 2.24. The normalized spacial score (nSPS) is 13.0. The maximum Gasteiger partial charge on any atom is 0.331 e. The van der Waals surface area contributed by atoms with Crippen molar-refractivity contribution in [2.45, 2.75) is 24.2 Å². The monoisotopic (exact) mass is 416 g/mol. The fourth-order valence-corrected chi connectivity index (χ4v) is 2.95. The van der Waals surface area contributed by atoms with E-state index in [1.165, 1.54) is 32.0 Å². The number of ether oxygens (including phenoxy) is 1. The van der Waals surface area contributed by atoms with Crippen molar-refractivity contribution in [3.63, 3.8) is 0 Å². The number of thioether (sulfide) groups is 1. The largest absolute Gasteiger partial charge is 0.467 e. The Balaban J connectivity index is 1.91. The number of aliphatic hydroxyl groups excluding tert-OH is 1. The van der Waals surface area contributed by atoms with Crippen LogP contribution in [0.2, 0.25) is 0 Å². The van der Waals surface area contributed by atoms with E-state index in [4.69, 9.17) is 0 Å². The van der Waals surface area contributed by atoms with E-state index in [1.807, 2.05) is 24.5 Å². The third-order valence-corrected chi connectivity index (χ3v) is 4.68. The molecule has 3 aromatic rings. The van der Waals surface area contributed by atoms with Crippen LogP contribution in [0.25, 0.3) is 10.9 Å². The third kappa shape index (κ3) is 4.63. The zero-order valence-electron chi connectivity index (χ0n) is 16.0. The van der Waals surface area contributed by atoms with E-state index >= 15 is 0 Å². The first-order valence-electron chi connectivity index (χ1n) is 8.61. The molecule has 10 nitrogen and oxygen atoms in total. The summed E-state index contributed by atoms with van der Waals surface area (Å²) in [5, 5.41) is 23.6. The molecule has 2 aromatic heterocycles. The Kier molecular flexibility index (Phi) is 6.29. The molecule has 3 rings (SSSR count). The second-order valence-electron chi connectivity index (χ2n) is 6.13. The molecule has 2 atom stereocenters. The number of aromatic amines is 1. The minimum absolute atomic E-state index is 0.115. The molecule has 152 valence electrons. The average Bonchev–Trinajstić information content (AvgIpc) is 3.18. The van der Waals surface area contributed by atoms with Gasteiger partial charge in [0.1, 0.15) is 11.4 Å². The zero-order valence-corrected chi connectivity index (χ0v) is 16.8. The molecule has 0 aliphatic rings. The van der Waals surface area contributed by atoms with Gasteiger partial charge in [0.05, 0.1) is 24.9 Å². The van der Waals surface area contributed by atoms with Crippen molar-refractivity contribution in [3.05, 3.63) is 36.2 Å². The number of esters is 1. The molecule has 0 fully saturated rings. The van der Waals surface area contributed by atoms with Crippen molar-refractivity contribution in [3.8, 4) is 0 Å². The summed E-state index contributed by atoms with van der Waals surface area (Å²) in [5.74, 6) is -1.12. The molecule has 2 heterocycles. The number of hydrogen-bond donors (Lipinski definition) is 4. The van der Waals surface area contributed by atoms with E-state index in [2.05, 4.69) is 35.5 Å². The molecular formula is C18H20N6O4S. The van der Waals surface area contributed by atoms with E-state index in [1.54, 1.807) is 6.20 Å². The number of hydrogen-bond acceptors (Lipinski definition) is 9. The van der Waals surface area contributed by atoms with Crippen molar-refractivity contribution >= 4 is 46.0 Å². The molecule has 0 saturated carbocycles. The summed E-state index contributed by atoms with van der Waals surface area (Å²) in [6, 6.07) is 4.30. The Morgan fingerprint density at radius 1 is 1.31 bits per heavy atom. The quantitative estimate of drug-likeness (QED) is 0.256. The Morgan fingerprint density at radius 2 is 2.10 bits per heavy atom. The molecule has 1 amide bonds. The summed E-state index contributed by atoms with van der Waals surface area (Å²) in [5.41, 5.74) is 1.68. The molecule has 0 aliphatic heterocycles. The van der Waals surface area contributed by atoms with E-state index in [0.717, 1.165) is 10.9 Å². The highest BCUT2D eigenvalue weighted by molar-refractivity contribution is 7.98. The molecule has 0 saturated heterocycles. The van der Waals surface area contributed by atoms with Gasteiger partial charge in [-0.05, 0) is 31.4 Å². The number of carbonyl (C=O) groups is 2. The van der Waals surface area contributed by atoms with E-state index in [9.17, 15) is 14.7 Å². The van der Waals surface area contributed by atoms with E-state index in [-0.39, 0.29) is 11.4 Å². The van der Waals surface area contributed by atoms with Crippen LogP contribution in [0.15, 0.2) is 35.7 Å². The number of carbonyl (C=O) groups excluding carboxylic acids is 2. The Bertz CT molecular complexity index is 1040. The highest BCUT2D eigenvalue weighted by atomic mass is 32.2. The minimum atomic E-state index is -1.22. The summed E-state index contributed by atoms with van der Waals surface area (Å²) in [7, 11) is 1.18. The lowest BCUT2D eigenvalue weighted by molar-refractivity contribution is -0.145. The molecule has 0 spiro atoms. The molecular weight excluding hydrogens is 396 g/mol. The van der Waals surface area contributed by atoms with Crippen LogP contribution in [0.4, 0.5) is 11.5 Å². The lowest BCUT2D eigenvalue weighted by Gasteiger charge is -2.19. The number of amides is 1. The minimum Gasteiger partial charge on any atom is -0.467 e. The van der Waals surface area contributed by atoms with Gasteiger partial charge >= 0.3 is 5.97 Å². The Labute approximate surface area is 170 Å². The molecule has 0 bridgehead atoms.